The summed E-state index contributed by atoms with van der Waals surface area (Å²) in [7, 11) is 2.21. The van der Waals surface area contributed by atoms with Gasteiger partial charge in [-0.25, -0.2) is 0 Å². The highest BCUT2D eigenvalue weighted by molar-refractivity contribution is 5.45. The zero-order valence-electron chi connectivity index (χ0n) is 8.53. The van der Waals surface area contributed by atoms with Gasteiger partial charge >= 0.3 is 0 Å². The van der Waals surface area contributed by atoms with E-state index in [1.807, 2.05) is 0 Å². The van der Waals surface area contributed by atoms with Gasteiger partial charge in [0, 0.05) is 18.6 Å². The zero-order chi connectivity index (χ0) is 9.71. The quantitative estimate of drug-likeness (QED) is 0.670. The lowest BCUT2D eigenvalue weighted by Crippen LogP contribution is -2.30. The minimum atomic E-state index is 0.260. The second-order valence-corrected chi connectivity index (χ2v) is 4.51. The summed E-state index contributed by atoms with van der Waals surface area (Å²) in [6.07, 6.45) is 2.28. The standard InChI is InChI=1S/C12H16N2/c1-14-6-5-8-3-2-4-9-10(13)7-11(14)12(8)9/h2-4,10-11H,5-7,13H2,1H3. The summed E-state index contributed by atoms with van der Waals surface area (Å²) in [5.41, 5.74) is 10.6. The molecule has 1 aromatic carbocycles. The summed E-state index contributed by atoms with van der Waals surface area (Å²) in [4.78, 5) is 2.44. The van der Waals surface area contributed by atoms with E-state index < -0.39 is 0 Å². The summed E-state index contributed by atoms with van der Waals surface area (Å²) in [6.45, 7) is 1.17. The van der Waals surface area contributed by atoms with Crippen molar-refractivity contribution in [1.29, 1.82) is 0 Å². The molecule has 2 unspecified atom stereocenters. The van der Waals surface area contributed by atoms with Crippen molar-refractivity contribution in [3.05, 3.63) is 34.9 Å². The normalized spacial score (nSPS) is 30.4. The minimum Gasteiger partial charge on any atom is -0.324 e. The molecule has 1 heterocycles. The molecule has 0 saturated carbocycles. The number of nitrogens with two attached hydrogens (primary N) is 1. The van der Waals surface area contributed by atoms with Crippen LogP contribution in [0.25, 0.3) is 0 Å². The Kier molecular flexibility index (Phi) is 1.70. The number of hydrogen-bond acceptors (Lipinski definition) is 2. The first-order valence-electron chi connectivity index (χ1n) is 5.35. The smallest absolute Gasteiger partial charge is 0.0369 e. The summed E-state index contributed by atoms with van der Waals surface area (Å²) >= 11 is 0. The highest BCUT2D eigenvalue weighted by Crippen LogP contribution is 2.44. The van der Waals surface area contributed by atoms with E-state index in [9.17, 15) is 0 Å². The van der Waals surface area contributed by atoms with Gasteiger partial charge in [0.15, 0.2) is 0 Å². The predicted molar refractivity (Wildman–Crippen MR) is 57.1 cm³/mol. The molecule has 14 heavy (non-hydrogen) atoms. The summed E-state index contributed by atoms with van der Waals surface area (Å²) in [6, 6.07) is 7.46. The maximum Gasteiger partial charge on any atom is 0.0369 e. The number of likely N-dealkylation sites (N-methyl/N-ethyl adjacent to an activating group) is 1. The molecule has 1 aliphatic heterocycles. The molecule has 2 heteroatoms. The largest absolute Gasteiger partial charge is 0.324 e. The molecular formula is C12H16N2. The lowest BCUT2D eigenvalue weighted by Gasteiger charge is -2.31. The van der Waals surface area contributed by atoms with Gasteiger partial charge in [-0.1, -0.05) is 18.2 Å². The highest BCUT2D eigenvalue weighted by atomic mass is 15.1. The van der Waals surface area contributed by atoms with Gasteiger partial charge in [-0.3, -0.25) is 4.90 Å². The Bertz CT molecular complexity index is 373. The molecule has 0 amide bonds. The SMILES string of the molecule is CN1CCc2cccc3c2C1CC3N. The van der Waals surface area contributed by atoms with Crippen LogP contribution in [0.2, 0.25) is 0 Å². The molecule has 1 aromatic rings. The number of benzene rings is 1. The fourth-order valence-electron chi connectivity index (χ4n) is 2.92. The zero-order valence-corrected chi connectivity index (χ0v) is 8.53. The van der Waals surface area contributed by atoms with Crippen LogP contribution < -0.4 is 5.73 Å². The van der Waals surface area contributed by atoms with Crippen molar-refractivity contribution in [2.45, 2.75) is 24.9 Å². The van der Waals surface area contributed by atoms with E-state index in [1.54, 1.807) is 0 Å². The van der Waals surface area contributed by atoms with Crippen LogP contribution in [-0.4, -0.2) is 18.5 Å². The van der Waals surface area contributed by atoms with Crippen LogP contribution in [0.3, 0.4) is 0 Å². The molecule has 0 fully saturated rings. The van der Waals surface area contributed by atoms with Crippen molar-refractivity contribution in [2.24, 2.45) is 5.73 Å². The fourth-order valence-corrected chi connectivity index (χ4v) is 2.92. The number of rotatable bonds is 0. The second-order valence-electron chi connectivity index (χ2n) is 4.51. The van der Waals surface area contributed by atoms with Gasteiger partial charge < -0.3 is 5.73 Å². The molecular weight excluding hydrogens is 172 g/mol. The monoisotopic (exact) mass is 188 g/mol. The van der Waals surface area contributed by atoms with Crippen LogP contribution in [-0.2, 0) is 6.42 Å². The van der Waals surface area contributed by atoms with E-state index in [0.717, 1.165) is 6.42 Å². The molecule has 0 aromatic heterocycles. The van der Waals surface area contributed by atoms with E-state index in [2.05, 4.69) is 30.1 Å². The Hall–Kier alpha value is -0.860. The van der Waals surface area contributed by atoms with Gasteiger partial charge in [-0.2, -0.15) is 0 Å². The van der Waals surface area contributed by atoms with Crippen LogP contribution in [0.1, 0.15) is 35.2 Å². The molecule has 0 bridgehead atoms. The van der Waals surface area contributed by atoms with Crippen molar-refractivity contribution in [2.75, 3.05) is 13.6 Å². The summed E-state index contributed by atoms with van der Waals surface area (Å²) < 4.78 is 0. The highest BCUT2D eigenvalue weighted by Gasteiger charge is 2.35. The first-order chi connectivity index (χ1) is 6.77. The molecule has 2 N–H and O–H groups in total. The van der Waals surface area contributed by atoms with E-state index in [-0.39, 0.29) is 6.04 Å². The van der Waals surface area contributed by atoms with Crippen molar-refractivity contribution >= 4 is 0 Å². The van der Waals surface area contributed by atoms with E-state index in [1.165, 1.54) is 29.7 Å². The molecule has 1 aliphatic carbocycles. The van der Waals surface area contributed by atoms with Crippen LogP contribution in [0.15, 0.2) is 18.2 Å². The van der Waals surface area contributed by atoms with Crippen LogP contribution >= 0.6 is 0 Å². The van der Waals surface area contributed by atoms with Crippen LogP contribution in [0, 0.1) is 0 Å². The number of hydrogen-bond donors (Lipinski definition) is 1. The van der Waals surface area contributed by atoms with Crippen LogP contribution in [0.5, 0.6) is 0 Å². The first kappa shape index (κ1) is 8.45. The Labute approximate surface area is 84.7 Å². The number of nitrogens with zero attached hydrogens (tertiary/aromatic N) is 1. The fraction of sp³-hybridized carbons (Fsp3) is 0.500. The van der Waals surface area contributed by atoms with Gasteiger partial charge in [0.2, 0.25) is 0 Å². The van der Waals surface area contributed by atoms with Gasteiger partial charge in [0.05, 0.1) is 0 Å². The Morgan fingerprint density at radius 3 is 3.14 bits per heavy atom. The van der Waals surface area contributed by atoms with E-state index in [0.29, 0.717) is 6.04 Å². The minimum absolute atomic E-state index is 0.260. The third-order valence-corrected chi connectivity index (χ3v) is 3.71. The maximum absolute atomic E-state index is 6.14. The third kappa shape index (κ3) is 0.983. The molecule has 3 rings (SSSR count). The topological polar surface area (TPSA) is 29.3 Å². The lowest BCUT2D eigenvalue weighted by atomic mass is 9.94. The molecule has 2 nitrogen and oxygen atoms in total. The molecule has 0 saturated heterocycles. The summed E-state index contributed by atoms with van der Waals surface area (Å²) in [5.74, 6) is 0. The molecule has 0 spiro atoms. The van der Waals surface area contributed by atoms with Crippen molar-refractivity contribution in [3.8, 4) is 0 Å². The van der Waals surface area contributed by atoms with Crippen molar-refractivity contribution in [1.82, 2.24) is 4.90 Å². The predicted octanol–water partition coefficient (Wildman–Crippen LogP) is 1.62. The molecule has 0 radical (unpaired) electrons. The van der Waals surface area contributed by atoms with Crippen molar-refractivity contribution < 1.29 is 0 Å². The van der Waals surface area contributed by atoms with Gasteiger partial charge in [0.25, 0.3) is 0 Å². The average Bonchev–Trinajstić information content (AvgIpc) is 2.53. The average molecular weight is 188 g/mol. The van der Waals surface area contributed by atoms with E-state index in [4.69, 9.17) is 5.73 Å². The van der Waals surface area contributed by atoms with Crippen molar-refractivity contribution in [3.63, 3.8) is 0 Å². The Morgan fingerprint density at radius 1 is 1.43 bits per heavy atom. The molecule has 2 atom stereocenters. The molecule has 2 aliphatic rings. The van der Waals surface area contributed by atoms with Crippen LogP contribution in [0.4, 0.5) is 0 Å². The lowest BCUT2D eigenvalue weighted by molar-refractivity contribution is 0.226. The Morgan fingerprint density at radius 2 is 2.29 bits per heavy atom. The first-order valence-corrected chi connectivity index (χ1v) is 5.35. The van der Waals surface area contributed by atoms with Gasteiger partial charge in [0.1, 0.15) is 0 Å². The van der Waals surface area contributed by atoms with Gasteiger partial charge in [-0.05, 0) is 36.6 Å². The summed E-state index contributed by atoms with van der Waals surface area (Å²) in [5, 5.41) is 0. The molecule has 74 valence electrons. The maximum atomic E-state index is 6.14. The second kappa shape index (κ2) is 2.81. The van der Waals surface area contributed by atoms with E-state index >= 15 is 0 Å². The van der Waals surface area contributed by atoms with Gasteiger partial charge in [-0.15, -0.1) is 0 Å². The Balaban J connectivity index is 2.20. The third-order valence-electron chi connectivity index (χ3n) is 3.71.